The molecule has 0 heterocycles. The van der Waals surface area contributed by atoms with E-state index in [1.165, 1.54) is 12.1 Å². The zero-order chi connectivity index (χ0) is 13.7. The zero-order valence-corrected chi connectivity index (χ0v) is 11.7. The van der Waals surface area contributed by atoms with Crippen LogP contribution in [0.2, 0.25) is 0 Å². The Morgan fingerprint density at radius 1 is 1.67 bits per heavy atom. The summed E-state index contributed by atoms with van der Waals surface area (Å²) in [5.74, 6) is 0.139. The number of nitro groups is 1. The number of hydrogen-bond donors (Lipinski definition) is 1. The van der Waals surface area contributed by atoms with E-state index in [1.54, 1.807) is 6.92 Å². The van der Waals surface area contributed by atoms with Gasteiger partial charge in [-0.1, -0.05) is 0 Å². The third-order valence-corrected chi connectivity index (χ3v) is 2.93. The first kappa shape index (κ1) is 14.7. The Morgan fingerprint density at radius 3 is 2.83 bits per heavy atom. The number of ether oxygens (including phenoxy) is 1. The van der Waals surface area contributed by atoms with E-state index in [1.807, 2.05) is 28.7 Å². The molecule has 0 aliphatic carbocycles. The summed E-state index contributed by atoms with van der Waals surface area (Å²) in [5, 5.41) is 28.8. The average Bonchev–Trinajstić information content (AvgIpc) is 2.29. The highest BCUT2D eigenvalue weighted by Crippen LogP contribution is 2.33. The molecule has 0 saturated carbocycles. The lowest BCUT2D eigenvalue weighted by Gasteiger charge is -2.10. The highest BCUT2D eigenvalue weighted by molar-refractivity contribution is 14.1. The molecule has 96 valence electrons. The first-order valence-corrected chi connectivity index (χ1v) is 6.22. The van der Waals surface area contributed by atoms with Crippen LogP contribution in [0.5, 0.6) is 5.75 Å². The smallest absolute Gasteiger partial charge is 0.313 e. The predicted molar refractivity (Wildman–Crippen MR) is 72.3 cm³/mol. The first-order chi connectivity index (χ1) is 8.45. The van der Waals surface area contributed by atoms with E-state index in [9.17, 15) is 10.1 Å². The first-order valence-electron chi connectivity index (χ1n) is 5.14. The molecule has 1 atom stereocenters. The fraction of sp³-hybridized carbons (Fsp3) is 0.364. The standard InChI is InChI=1S/C11H11IN2O4/c1-7(15)2-3-18-11-9(12)4-8(6-13)5-10(11)14(16)17/h4-5,7,15H,2-3H2,1H3. The van der Waals surface area contributed by atoms with Crippen LogP contribution in [-0.2, 0) is 0 Å². The van der Waals surface area contributed by atoms with Gasteiger partial charge in [0, 0.05) is 12.5 Å². The fourth-order valence-electron chi connectivity index (χ4n) is 1.25. The van der Waals surface area contributed by atoms with Crippen LogP contribution in [0.4, 0.5) is 5.69 Å². The highest BCUT2D eigenvalue weighted by atomic mass is 127. The molecule has 0 bridgehead atoms. The predicted octanol–water partition coefficient (Wildman–Crippen LogP) is 2.22. The maximum Gasteiger partial charge on any atom is 0.313 e. The summed E-state index contributed by atoms with van der Waals surface area (Å²) in [7, 11) is 0. The normalized spacial score (nSPS) is 11.7. The maximum absolute atomic E-state index is 10.9. The largest absolute Gasteiger partial charge is 0.486 e. The Morgan fingerprint density at radius 2 is 2.33 bits per heavy atom. The molecule has 18 heavy (non-hydrogen) atoms. The molecule has 1 aromatic rings. The van der Waals surface area contributed by atoms with E-state index in [2.05, 4.69) is 0 Å². The number of aliphatic hydroxyl groups excluding tert-OH is 1. The second-order valence-electron chi connectivity index (χ2n) is 3.66. The molecule has 0 fully saturated rings. The molecule has 0 amide bonds. The van der Waals surface area contributed by atoms with E-state index < -0.39 is 11.0 Å². The molecule has 0 saturated heterocycles. The zero-order valence-electron chi connectivity index (χ0n) is 9.59. The van der Waals surface area contributed by atoms with Crippen LogP contribution in [0.1, 0.15) is 18.9 Å². The highest BCUT2D eigenvalue weighted by Gasteiger charge is 2.20. The van der Waals surface area contributed by atoms with Crippen molar-refractivity contribution < 1.29 is 14.8 Å². The summed E-state index contributed by atoms with van der Waals surface area (Å²) in [6.07, 6.45) is -0.146. The minimum absolute atomic E-state index is 0.139. The van der Waals surface area contributed by atoms with Gasteiger partial charge in [0.05, 0.1) is 32.8 Å². The Bertz CT molecular complexity index is 497. The summed E-state index contributed by atoms with van der Waals surface area (Å²) >= 11 is 1.88. The molecule has 0 radical (unpaired) electrons. The van der Waals surface area contributed by atoms with Crippen molar-refractivity contribution >= 4 is 28.3 Å². The molecule has 0 aliphatic rings. The van der Waals surface area contributed by atoms with Gasteiger partial charge in [0.2, 0.25) is 5.75 Å². The van der Waals surface area contributed by atoms with Crippen molar-refractivity contribution in [2.45, 2.75) is 19.4 Å². The molecular weight excluding hydrogens is 351 g/mol. The van der Waals surface area contributed by atoms with Crippen LogP contribution in [0.15, 0.2) is 12.1 Å². The molecule has 7 heteroatoms. The van der Waals surface area contributed by atoms with Crippen molar-refractivity contribution in [3.63, 3.8) is 0 Å². The van der Waals surface area contributed by atoms with E-state index in [0.29, 0.717) is 9.99 Å². The number of rotatable bonds is 5. The van der Waals surface area contributed by atoms with E-state index in [4.69, 9.17) is 15.1 Å². The molecule has 0 aliphatic heterocycles. The Hall–Kier alpha value is -1.40. The number of nitro benzene ring substituents is 1. The van der Waals surface area contributed by atoms with Gasteiger partial charge in [-0.2, -0.15) is 5.26 Å². The number of halogens is 1. The summed E-state index contributed by atoms with van der Waals surface area (Å²) in [4.78, 5) is 10.3. The summed E-state index contributed by atoms with van der Waals surface area (Å²) in [5.41, 5.74) is -0.0157. The fourth-order valence-corrected chi connectivity index (χ4v) is 2.02. The topological polar surface area (TPSA) is 96.4 Å². The molecule has 1 aromatic carbocycles. The van der Waals surface area contributed by atoms with Gasteiger partial charge < -0.3 is 9.84 Å². The lowest BCUT2D eigenvalue weighted by atomic mass is 10.2. The van der Waals surface area contributed by atoms with Crippen molar-refractivity contribution in [3.05, 3.63) is 31.4 Å². The Balaban J connectivity index is 3.02. The summed E-state index contributed by atoms with van der Waals surface area (Å²) in [6, 6.07) is 4.56. The van der Waals surface area contributed by atoms with Crippen LogP contribution < -0.4 is 4.74 Å². The van der Waals surface area contributed by atoms with Gasteiger partial charge in [0.25, 0.3) is 0 Å². The average molecular weight is 362 g/mol. The quantitative estimate of drug-likeness (QED) is 0.492. The second-order valence-corrected chi connectivity index (χ2v) is 4.82. The monoisotopic (exact) mass is 362 g/mol. The van der Waals surface area contributed by atoms with Gasteiger partial charge in [-0.3, -0.25) is 10.1 Å². The van der Waals surface area contributed by atoms with Crippen LogP contribution in [0.25, 0.3) is 0 Å². The molecule has 0 spiro atoms. The van der Waals surface area contributed by atoms with Crippen molar-refractivity contribution in [1.29, 1.82) is 5.26 Å². The van der Waals surface area contributed by atoms with Gasteiger partial charge in [-0.05, 0) is 35.6 Å². The maximum atomic E-state index is 10.9. The second kappa shape index (κ2) is 6.51. The number of benzene rings is 1. The van der Waals surface area contributed by atoms with Crippen LogP contribution in [-0.4, -0.2) is 22.7 Å². The number of hydrogen-bond acceptors (Lipinski definition) is 5. The molecule has 0 aromatic heterocycles. The van der Waals surface area contributed by atoms with Crippen molar-refractivity contribution in [1.82, 2.24) is 0 Å². The third kappa shape index (κ3) is 3.82. The van der Waals surface area contributed by atoms with E-state index in [0.717, 1.165) is 0 Å². The van der Waals surface area contributed by atoms with Gasteiger partial charge in [0.1, 0.15) is 0 Å². The molecule has 1 unspecified atom stereocenters. The number of aliphatic hydroxyl groups is 1. The lowest BCUT2D eigenvalue weighted by molar-refractivity contribution is -0.386. The van der Waals surface area contributed by atoms with Gasteiger partial charge in [-0.25, -0.2) is 0 Å². The summed E-state index contributed by atoms with van der Waals surface area (Å²) < 4.78 is 5.82. The van der Waals surface area contributed by atoms with Crippen LogP contribution in [0, 0.1) is 25.0 Å². The van der Waals surface area contributed by atoms with Crippen LogP contribution in [0.3, 0.4) is 0 Å². The molecule has 1 N–H and O–H groups in total. The lowest BCUT2D eigenvalue weighted by Crippen LogP contribution is -2.09. The minimum atomic E-state index is -0.583. The molecule has 1 rings (SSSR count). The third-order valence-electron chi connectivity index (χ3n) is 2.13. The van der Waals surface area contributed by atoms with Gasteiger partial charge >= 0.3 is 5.69 Å². The summed E-state index contributed by atoms with van der Waals surface area (Å²) in [6.45, 7) is 1.79. The number of nitriles is 1. The number of nitrogens with zero attached hydrogens (tertiary/aromatic N) is 2. The van der Waals surface area contributed by atoms with E-state index >= 15 is 0 Å². The molecular formula is C11H11IN2O4. The van der Waals surface area contributed by atoms with E-state index in [-0.39, 0.29) is 23.6 Å². The minimum Gasteiger partial charge on any atom is -0.486 e. The van der Waals surface area contributed by atoms with Crippen molar-refractivity contribution in [2.75, 3.05) is 6.61 Å². The van der Waals surface area contributed by atoms with Crippen molar-refractivity contribution in [2.24, 2.45) is 0 Å². The molecule has 6 nitrogen and oxygen atoms in total. The SMILES string of the molecule is CC(O)CCOc1c(I)cc(C#N)cc1[N+](=O)[O-]. The Labute approximate surface area is 117 Å². The van der Waals surface area contributed by atoms with Gasteiger partial charge in [-0.15, -0.1) is 0 Å². The van der Waals surface area contributed by atoms with Gasteiger partial charge in [0.15, 0.2) is 0 Å². The Kier molecular flexibility index (Phi) is 5.30. The van der Waals surface area contributed by atoms with Crippen LogP contribution >= 0.6 is 22.6 Å². The van der Waals surface area contributed by atoms with Crippen molar-refractivity contribution in [3.8, 4) is 11.8 Å².